The Morgan fingerprint density at radius 1 is 0.706 bits per heavy atom. The van der Waals surface area contributed by atoms with Gasteiger partial charge in [0.1, 0.15) is 0 Å². The summed E-state index contributed by atoms with van der Waals surface area (Å²) >= 11 is 0. The molecule has 0 aliphatic heterocycles. The van der Waals surface area contributed by atoms with E-state index < -0.39 is 5.97 Å². The van der Waals surface area contributed by atoms with Crippen LogP contribution >= 0.6 is 0 Å². The third-order valence-corrected chi connectivity index (χ3v) is 6.20. The lowest BCUT2D eigenvalue weighted by atomic mass is 10.1. The Labute approximate surface area is 209 Å². The predicted molar refractivity (Wildman–Crippen MR) is 144 cm³/mol. The van der Waals surface area contributed by atoms with Crippen LogP contribution in [0.15, 0.2) is 23.8 Å². The first-order chi connectivity index (χ1) is 16.6. The Balaban J connectivity index is 2.49. The average molecular weight is 475 g/mol. The molecule has 4 heteroatoms. The Kier molecular flexibility index (Phi) is 18.0. The highest BCUT2D eigenvalue weighted by atomic mass is 16.5. The van der Waals surface area contributed by atoms with Crippen molar-refractivity contribution in [3.8, 4) is 11.5 Å². The first kappa shape index (κ1) is 30.1. The van der Waals surface area contributed by atoms with E-state index in [9.17, 15) is 9.90 Å². The highest BCUT2D eigenvalue weighted by molar-refractivity contribution is 5.91. The summed E-state index contributed by atoms with van der Waals surface area (Å²) in [4.78, 5) is 11.2. The Bertz CT molecular complexity index is 680. The maximum atomic E-state index is 11.2. The number of rotatable bonds is 22. The maximum absolute atomic E-state index is 11.2. The molecule has 1 aromatic rings. The van der Waals surface area contributed by atoms with Crippen molar-refractivity contribution in [2.24, 2.45) is 0 Å². The van der Waals surface area contributed by atoms with Gasteiger partial charge in [0.25, 0.3) is 0 Å². The summed E-state index contributed by atoms with van der Waals surface area (Å²) in [6.45, 7) is 7.45. The SMILES string of the molecule is CCCCCCCCCCOc1ccc(/C=C(\C)C(=O)O)cc1OCCCCCCCCCC. The van der Waals surface area contributed by atoms with Gasteiger partial charge in [0.15, 0.2) is 11.5 Å². The largest absolute Gasteiger partial charge is 0.490 e. The summed E-state index contributed by atoms with van der Waals surface area (Å²) in [5.74, 6) is 0.568. The molecule has 0 aromatic heterocycles. The Morgan fingerprint density at radius 3 is 1.62 bits per heavy atom. The van der Waals surface area contributed by atoms with Crippen molar-refractivity contribution in [3.63, 3.8) is 0 Å². The van der Waals surface area contributed by atoms with Gasteiger partial charge in [-0.05, 0) is 43.5 Å². The number of hydrogen-bond acceptors (Lipinski definition) is 3. The zero-order chi connectivity index (χ0) is 24.9. The molecule has 0 aliphatic carbocycles. The first-order valence-electron chi connectivity index (χ1n) is 13.9. The highest BCUT2D eigenvalue weighted by Gasteiger charge is 2.08. The molecule has 1 N–H and O–H groups in total. The smallest absolute Gasteiger partial charge is 0.331 e. The normalized spacial score (nSPS) is 11.6. The molecule has 0 saturated heterocycles. The van der Waals surface area contributed by atoms with Crippen molar-refractivity contribution >= 4 is 12.0 Å². The Hall–Kier alpha value is -1.97. The topological polar surface area (TPSA) is 55.8 Å². The molecular formula is C30H50O4. The van der Waals surface area contributed by atoms with Gasteiger partial charge in [-0.15, -0.1) is 0 Å². The van der Waals surface area contributed by atoms with E-state index in [2.05, 4.69) is 13.8 Å². The zero-order valence-corrected chi connectivity index (χ0v) is 22.2. The van der Waals surface area contributed by atoms with Gasteiger partial charge in [0, 0.05) is 5.57 Å². The lowest BCUT2D eigenvalue weighted by molar-refractivity contribution is -0.132. The van der Waals surface area contributed by atoms with Gasteiger partial charge in [-0.3, -0.25) is 0 Å². The zero-order valence-electron chi connectivity index (χ0n) is 22.2. The lowest BCUT2D eigenvalue weighted by Gasteiger charge is -2.14. The molecule has 0 unspecified atom stereocenters. The molecule has 1 aromatic carbocycles. The van der Waals surface area contributed by atoms with E-state index in [0.29, 0.717) is 18.8 Å². The van der Waals surface area contributed by atoms with Crippen LogP contribution in [0.4, 0.5) is 0 Å². The summed E-state index contributed by atoms with van der Waals surface area (Å²) in [7, 11) is 0. The van der Waals surface area contributed by atoms with Crippen LogP contribution in [0.3, 0.4) is 0 Å². The van der Waals surface area contributed by atoms with E-state index in [0.717, 1.165) is 29.9 Å². The van der Waals surface area contributed by atoms with Gasteiger partial charge in [0.05, 0.1) is 13.2 Å². The van der Waals surface area contributed by atoms with Gasteiger partial charge in [0.2, 0.25) is 0 Å². The molecule has 0 heterocycles. The molecule has 34 heavy (non-hydrogen) atoms. The van der Waals surface area contributed by atoms with E-state index in [1.165, 1.54) is 89.9 Å². The van der Waals surface area contributed by atoms with Crippen LogP contribution in [0.2, 0.25) is 0 Å². The van der Waals surface area contributed by atoms with E-state index in [1.54, 1.807) is 13.0 Å². The van der Waals surface area contributed by atoms with Crippen LogP contribution in [0, 0.1) is 0 Å². The van der Waals surface area contributed by atoms with Crippen LogP contribution in [-0.2, 0) is 4.79 Å². The van der Waals surface area contributed by atoms with Crippen LogP contribution in [0.1, 0.15) is 129 Å². The minimum Gasteiger partial charge on any atom is -0.490 e. The van der Waals surface area contributed by atoms with Crippen molar-refractivity contribution in [1.29, 1.82) is 0 Å². The fraction of sp³-hybridized carbons (Fsp3) is 0.700. The van der Waals surface area contributed by atoms with Crippen molar-refractivity contribution in [2.75, 3.05) is 13.2 Å². The summed E-state index contributed by atoms with van der Waals surface area (Å²) in [6.07, 6.45) is 21.9. The number of carbonyl (C=O) groups is 1. The molecule has 4 nitrogen and oxygen atoms in total. The molecule has 1 rings (SSSR count). The second kappa shape index (κ2) is 20.4. The number of aliphatic carboxylic acids is 1. The van der Waals surface area contributed by atoms with Crippen LogP contribution in [0.5, 0.6) is 11.5 Å². The third kappa shape index (κ3) is 15.0. The molecule has 0 radical (unpaired) electrons. The van der Waals surface area contributed by atoms with Gasteiger partial charge in [-0.25, -0.2) is 4.79 Å². The summed E-state index contributed by atoms with van der Waals surface area (Å²) in [6, 6.07) is 5.72. The number of benzene rings is 1. The molecule has 0 spiro atoms. The molecule has 0 amide bonds. The van der Waals surface area contributed by atoms with E-state index in [4.69, 9.17) is 9.47 Å². The van der Waals surface area contributed by atoms with Crippen molar-refractivity contribution in [3.05, 3.63) is 29.3 Å². The number of hydrogen-bond donors (Lipinski definition) is 1. The number of carboxylic acid groups (broad SMARTS) is 1. The quantitative estimate of drug-likeness (QED) is 0.134. The van der Waals surface area contributed by atoms with Gasteiger partial charge < -0.3 is 14.6 Å². The van der Waals surface area contributed by atoms with E-state index in [-0.39, 0.29) is 0 Å². The Morgan fingerprint density at radius 2 is 1.15 bits per heavy atom. The van der Waals surface area contributed by atoms with Crippen molar-refractivity contribution < 1.29 is 19.4 Å². The van der Waals surface area contributed by atoms with Crippen LogP contribution in [0.25, 0.3) is 6.08 Å². The van der Waals surface area contributed by atoms with Gasteiger partial charge >= 0.3 is 5.97 Å². The minimum absolute atomic E-state index is 0.307. The maximum Gasteiger partial charge on any atom is 0.331 e. The molecule has 0 bridgehead atoms. The van der Waals surface area contributed by atoms with Crippen LogP contribution in [-0.4, -0.2) is 24.3 Å². The standard InChI is InChI=1S/C30H50O4/c1-4-6-8-10-12-14-16-18-22-33-28-21-20-27(24-26(3)30(31)32)25-29(28)34-23-19-17-15-13-11-9-7-5-2/h20-21,24-25H,4-19,22-23H2,1-3H3,(H,31,32)/b26-24+. The number of ether oxygens (including phenoxy) is 2. The number of carboxylic acids is 1. The molecule has 0 aliphatic rings. The summed E-state index contributed by atoms with van der Waals surface area (Å²) in [5.41, 5.74) is 1.13. The fourth-order valence-electron chi connectivity index (χ4n) is 3.99. The fourth-order valence-corrected chi connectivity index (χ4v) is 3.99. The van der Waals surface area contributed by atoms with Crippen molar-refractivity contribution in [2.45, 2.75) is 124 Å². The number of unbranched alkanes of at least 4 members (excludes halogenated alkanes) is 14. The van der Waals surface area contributed by atoms with E-state index >= 15 is 0 Å². The highest BCUT2D eigenvalue weighted by Crippen LogP contribution is 2.30. The summed E-state index contributed by atoms with van der Waals surface area (Å²) in [5, 5.41) is 9.18. The molecular weight excluding hydrogens is 424 g/mol. The van der Waals surface area contributed by atoms with Gasteiger partial charge in [-0.1, -0.05) is 110 Å². The van der Waals surface area contributed by atoms with E-state index in [1.807, 2.05) is 18.2 Å². The molecule has 0 fully saturated rings. The van der Waals surface area contributed by atoms with Crippen LogP contribution < -0.4 is 9.47 Å². The minimum atomic E-state index is -0.906. The first-order valence-corrected chi connectivity index (χ1v) is 13.9. The molecule has 0 atom stereocenters. The van der Waals surface area contributed by atoms with Crippen molar-refractivity contribution in [1.82, 2.24) is 0 Å². The lowest BCUT2D eigenvalue weighted by Crippen LogP contribution is -2.03. The summed E-state index contributed by atoms with van der Waals surface area (Å²) < 4.78 is 12.2. The second-order valence-electron chi connectivity index (χ2n) is 9.49. The third-order valence-electron chi connectivity index (χ3n) is 6.20. The average Bonchev–Trinajstić information content (AvgIpc) is 2.82. The van der Waals surface area contributed by atoms with Gasteiger partial charge in [-0.2, -0.15) is 0 Å². The molecule has 0 saturated carbocycles. The molecule has 194 valence electrons. The predicted octanol–water partition coefficient (Wildman–Crippen LogP) is 9.21. The monoisotopic (exact) mass is 474 g/mol. The second-order valence-corrected chi connectivity index (χ2v) is 9.49.